The number of carbonyl (C=O) groups is 2. The minimum atomic E-state index is -0.512. The number of anilines is 1. The number of esters is 1. The third-order valence-electron chi connectivity index (χ3n) is 5.64. The molecule has 1 amide bonds. The fraction of sp³-hybridized carbons (Fsp3) is 0.250. The van der Waals surface area contributed by atoms with Crippen LogP contribution in [-0.2, 0) is 16.0 Å². The Morgan fingerprint density at radius 1 is 1.13 bits per heavy atom. The molecule has 0 saturated heterocycles. The van der Waals surface area contributed by atoms with Crippen LogP contribution in [0.2, 0.25) is 0 Å². The predicted molar refractivity (Wildman–Crippen MR) is 121 cm³/mol. The Bertz CT molecular complexity index is 1100. The van der Waals surface area contributed by atoms with E-state index in [1.165, 1.54) is 12.7 Å². The number of nitrogens with one attached hydrogen (secondary N) is 2. The molecule has 154 valence electrons. The molecular formula is C24H23BrN2O3. The first-order chi connectivity index (χ1) is 14.6. The van der Waals surface area contributed by atoms with E-state index in [1.54, 1.807) is 0 Å². The summed E-state index contributed by atoms with van der Waals surface area (Å²) < 4.78 is 5.78. The van der Waals surface area contributed by atoms with Crippen LogP contribution in [0.15, 0.2) is 65.2 Å². The van der Waals surface area contributed by atoms with Crippen molar-refractivity contribution in [2.75, 3.05) is 12.4 Å². The summed E-state index contributed by atoms with van der Waals surface area (Å²) in [5.41, 5.74) is 2.71. The zero-order chi connectivity index (χ0) is 21.1. The first kappa shape index (κ1) is 20.4. The molecule has 0 bridgehead atoms. The van der Waals surface area contributed by atoms with E-state index in [9.17, 15) is 9.59 Å². The van der Waals surface area contributed by atoms with Gasteiger partial charge in [0.15, 0.2) is 0 Å². The van der Waals surface area contributed by atoms with Gasteiger partial charge >= 0.3 is 5.97 Å². The highest BCUT2D eigenvalue weighted by Gasteiger charge is 2.31. The van der Waals surface area contributed by atoms with Gasteiger partial charge in [-0.25, -0.2) is 4.79 Å². The molecule has 1 aliphatic rings. The number of hydrogen-bond donors (Lipinski definition) is 2. The molecule has 5 nitrogen and oxygen atoms in total. The molecule has 2 aromatic carbocycles. The van der Waals surface area contributed by atoms with Crippen molar-refractivity contribution in [3.8, 4) is 0 Å². The molecule has 3 aromatic rings. The van der Waals surface area contributed by atoms with E-state index in [0.717, 1.165) is 28.2 Å². The molecule has 0 aliphatic heterocycles. The van der Waals surface area contributed by atoms with Crippen molar-refractivity contribution in [3.63, 3.8) is 0 Å². The lowest BCUT2D eigenvalue weighted by molar-refractivity contribution is -0.121. The van der Waals surface area contributed by atoms with Crippen LogP contribution in [0.5, 0.6) is 0 Å². The van der Waals surface area contributed by atoms with Gasteiger partial charge in [-0.3, -0.25) is 4.79 Å². The van der Waals surface area contributed by atoms with E-state index < -0.39 is 5.97 Å². The van der Waals surface area contributed by atoms with Crippen LogP contribution in [0.25, 0.3) is 10.9 Å². The molecule has 0 fully saturated rings. The molecule has 30 heavy (non-hydrogen) atoms. The number of fused-ring (bicyclic) bond motifs is 1. The number of halogens is 1. The van der Waals surface area contributed by atoms with Crippen molar-refractivity contribution in [2.45, 2.75) is 19.3 Å². The maximum absolute atomic E-state index is 13.3. The van der Waals surface area contributed by atoms with Crippen LogP contribution in [0.3, 0.4) is 0 Å². The number of ether oxygens (including phenoxy) is 1. The van der Waals surface area contributed by atoms with Crippen LogP contribution < -0.4 is 5.32 Å². The fourth-order valence-corrected chi connectivity index (χ4v) is 4.46. The number of aromatic nitrogens is 1. The molecule has 1 aliphatic carbocycles. The number of carbonyl (C=O) groups excluding carboxylic acids is 2. The summed E-state index contributed by atoms with van der Waals surface area (Å²) in [5, 5.41) is 3.80. The standard InChI is InChI=1S/C24H23BrN2O3/c1-30-24(29)22-21(19-14-17(25)11-12-20(19)26-22)27-23(28)18-10-6-5-9-16(18)13-15-7-3-2-4-8-15/h2-8,11-12,14,16,18,26H,9-10,13H2,1H3,(H,27,28)/t16-,18-/m1/s1. The summed E-state index contributed by atoms with van der Waals surface area (Å²) in [4.78, 5) is 28.7. The van der Waals surface area contributed by atoms with Crippen LogP contribution in [-0.4, -0.2) is 24.0 Å². The number of benzene rings is 2. The third kappa shape index (κ3) is 4.19. The lowest BCUT2D eigenvalue weighted by atomic mass is 9.78. The van der Waals surface area contributed by atoms with Crippen LogP contribution in [0, 0.1) is 11.8 Å². The van der Waals surface area contributed by atoms with Gasteiger partial charge in [-0.15, -0.1) is 0 Å². The minimum absolute atomic E-state index is 0.0775. The number of rotatable bonds is 5. The lowest BCUT2D eigenvalue weighted by Crippen LogP contribution is -2.32. The molecule has 0 saturated carbocycles. The van der Waals surface area contributed by atoms with Crippen molar-refractivity contribution >= 4 is 44.4 Å². The Labute approximate surface area is 183 Å². The summed E-state index contributed by atoms with van der Waals surface area (Å²) >= 11 is 3.47. The largest absolute Gasteiger partial charge is 0.464 e. The Morgan fingerprint density at radius 2 is 1.90 bits per heavy atom. The highest BCUT2D eigenvalue weighted by molar-refractivity contribution is 9.10. The highest BCUT2D eigenvalue weighted by atomic mass is 79.9. The molecule has 0 unspecified atom stereocenters. The van der Waals surface area contributed by atoms with Crippen LogP contribution in [0.1, 0.15) is 28.9 Å². The normalized spacial score (nSPS) is 18.3. The first-order valence-electron chi connectivity index (χ1n) is 9.96. The quantitative estimate of drug-likeness (QED) is 0.386. The molecule has 0 radical (unpaired) electrons. The Kier molecular flexibility index (Phi) is 6.04. The Balaban J connectivity index is 1.63. The van der Waals surface area contributed by atoms with Crippen molar-refractivity contribution in [3.05, 3.63) is 76.4 Å². The molecule has 6 heteroatoms. The Hall–Kier alpha value is -2.86. The second-order valence-electron chi connectivity index (χ2n) is 7.54. The SMILES string of the molecule is COC(=O)c1[nH]c2ccc(Br)cc2c1NC(=O)[C@@H]1CC=CC[C@@H]1Cc1ccccc1. The predicted octanol–water partition coefficient (Wildman–Crippen LogP) is 5.48. The number of allylic oxidation sites excluding steroid dienone is 2. The monoisotopic (exact) mass is 466 g/mol. The van der Waals surface area contributed by atoms with E-state index in [0.29, 0.717) is 12.1 Å². The van der Waals surface area contributed by atoms with Gasteiger partial charge in [0.05, 0.1) is 12.8 Å². The average Bonchev–Trinajstić information content (AvgIpc) is 3.11. The van der Waals surface area contributed by atoms with E-state index in [4.69, 9.17) is 4.74 Å². The van der Waals surface area contributed by atoms with Gasteiger partial charge < -0.3 is 15.0 Å². The summed E-state index contributed by atoms with van der Waals surface area (Å²) in [6.07, 6.45) is 6.60. The number of H-pyrrole nitrogens is 1. The minimum Gasteiger partial charge on any atom is -0.464 e. The van der Waals surface area contributed by atoms with Gasteiger partial charge in [0, 0.05) is 21.3 Å². The smallest absolute Gasteiger partial charge is 0.356 e. The van der Waals surface area contributed by atoms with Gasteiger partial charge in [0.2, 0.25) is 5.91 Å². The molecule has 2 N–H and O–H groups in total. The second-order valence-corrected chi connectivity index (χ2v) is 8.46. The first-order valence-corrected chi connectivity index (χ1v) is 10.8. The Morgan fingerprint density at radius 3 is 2.67 bits per heavy atom. The maximum Gasteiger partial charge on any atom is 0.356 e. The summed E-state index contributed by atoms with van der Waals surface area (Å²) in [6, 6.07) is 15.9. The zero-order valence-electron chi connectivity index (χ0n) is 16.7. The summed E-state index contributed by atoms with van der Waals surface area (Å²) in [5.74, 6) is -0.554. The average molecular weight is 467 g/mol. The van der Waals surface area contributed by atoms with Crippen molar-refractivity contribution in [1.82, 2.24) is 4.98 Å². The molecule has 1 heterocycles. The highest BCUT2D eigenvalue weighted by Crippen LogP contribution is 2.34. The van der Waals surface area contributed by atoms with Gasteiger partial charge in [-0.2, -0.15) is 0 Å². The van der Waals surface area contributed by atoms with Gasteiger partial charge in [-0.05, 0) is 48.9 Å². The lowest BCUT2D eigenvalue weighted by Gasteiger charge is -2.27. The third-order valence-corrected chi connectivity index (χ3v) is 6.13. The van der Waals surface area contributed by atoms with E-state index in [2.05, 4.69) is 50.5 Å². The fourth-order valence-electron chi connectivity index (χ4n) is 4.10. The number of amides is 1. The van der Waals surface area contributed by atoms with E-state index in [-0.39, 0.29) is 23.4 Å². The zero-order valence-corrected chi connectivity index (χ0v) is 18.2. The summed E-state index contributed by atoms with van der Waals surface area (Å²) in [7, 11) is 1.33. The second kappa shape index (κ2) is 8.88. The van der Waals surface area contributed by atoms with Crippen molar-refractivity contribution in [2.24, 2.45) is 11.8 Å². The van der Waals surface area contributed by atoms with Crippen LogP contribution in [0.4, 0.5) is 5.69 Å². The topological polar surface area (TPSA) is 71.2 Å². The van der Waals surface area contributed by atoms with Crippen LogP contribution >= 0.6 is 15.9 Å². The van der Waals surface area contributed by atoms with Crippen molar-refractivity contribution < 1.29 is 14.3 Å². The van der Waals surface area contributed by atoms with Gasteiger partial charge in [0.1, 0.15) is 5.69 Å². The molecule has 0 spiro atoms. The number of hydrogen-bond acceptors (Lipinski definition) is 3. The van der Waals surface area contributed by atoms with E-state index in [1.807, 2.05) is 36.4 Å². The number of aromatic amines is 1. The van der Waals surface area contributed by atoms with E-state index >= 15 is 0 Å². The molecule has 4 rings (SSSR count). The van der Waals surface area contributed by atoms with Crippen molar-refractivity contribution in [1.29, 1.82) is 0 Å². The maximum atomic E-state index is 13.3. The summed E-state index contributed by atoms with van der Waals surface area (Å²) in [6.45, 7) is 0. The molecule has 2 atom stereocenters. The van der Waals surface area contributed by atoms with Gasteiger partial charge in [-0.1, -0.05) is 58.4 Å². The molecule has 1 aromatic heterocycles. The molecular weight excluding hydrogens is 444 g/mol. The van der Waals surface area contributed by atoms with Gasteiger partial charge in [0.25, 0.3) is 0 Å². The number of methoxy groups -OCH3 is 1.